The van der Waals surface area contributed by atoms with Crippen LogP contribution in [-0.4, -0.2) is 29.2 Å². The molecule has 2 N–H and O–H groups in total. The zero-order chi connectivity index (χ0) is 20.3. The molecule has 0 aromatic heterocycles. The molecule has 1 heterocycles. The van der Waals surface area contributed by atoms with Crippen molar-refractivity contribution in [1.82, 2.24) is 4.90 Å². The van der Waals surface area contributed by atoms with Crippen LogP contribution in [0.4, 0.5) is 15.8 Å². The van der Waals surface area contributed by atoms with Gasteiger partial charge in [0.1, 0.15) is 11.5 Å². The fourth-order valence-electron chi connectivity index (χ4n) is 3.02. The van der Waals surface area contributed by atoms with Gasteiger partial charge in [0, 0.05) is 24.8 Å². The van der Waals surface area contributed by atoms with Gasteiger partial charge in [-0.1, -0.05) is 25.1 Å². The van der Waals surface area contributed by atoms with Crippen LogP contribution in [0.25, 0.3) is 5.57 Å². The Morgan fingerprint density at radius 2 is 1.75 bits per heavy atom. The molecule has 2 aromatic rings. The van der Waals surface area contributed by atoms with Gasteiger partial charge in [0.05, 0.1) is 5.57 Å². The first kappa shape index (κ1) is 19.3. The number of carbonyl (C=O) groups is 3. The number of carbonyl (C=O) groups excluding carboxylic acids is 3. The van der Waals surface area contributed by atoms with Crippen LogP contribution in [0.2, 0.25) is 0 Å². The van der Waals surface area contributed by atoms with Crippen LogP contribution >= 0.6 is 0 Å². The smallest absolute Gasteiger partial charge is 0.278 e. The number of anilines is 2. The number of hydrogen-bond donors (Lipinski definition) is 2. The Balaban J connectivity index is 2.02. The van der Waals surface area contributed by atoms with E-state index in [4.69, 9.17) is 0 Å². The third kappa shape index (κ3) is 3.93. The highest BCUT2D eigenvalue weighted by Crippen LogP contribution is 2.31. The average molecular weight is 381 g/mol. The van der Waals surface area contributed by atoms with Gasteiger partial charge in [-0.3, -0.25) is 19.3 Å². The number of rotatable bonds is 6. The molecule has 0 aliphatic carbocycles. The van der Waals surface area contributed by atoms with Crippen molar-refractivity contribution in [2.45, 2.75) is 20.3 Å². The van der Waals surface area contributed by atoms with Gasteiger partial charge < -0.3 is 10.6 Å². The summed E-state index contributed by atoms with van der Waals surface area (Å²) in [5.41, 5.74) is 1.82. The van der Waals surface area contributed by atoms with E-state index >= 15 is 0 Å². The predicted octanol–water partition coefficient (Wildman–Crippen LogP) is 3.39. The zero-order valence-corrected chi connectivity index (χ0v) is 15.6. The second-order valence-electron chi connectivity index (χ2n) is 6.41. The molecule has 0 atom stereocenters. The van der Waals surface area contributed by atoms with Gasteiger partial charge in [-0.05, 0) is 42.3 Å². The maximum Gasteiger partial charge on any atom is 0.278 e. The topological polar surface area (TPSA) is 78.5 Å². The molecule has 0 bridgehead atoms. The van der Waals surface area contributed by atoms with Crippen molar-refractivity contribution in [2.75, 3.05) is 17.2 Å². The first-order valence-corrected chi connectivity index (χ1v) is 8.91. The van der Waals surface area contributed by atoms with E-state index in [1.807, 2.05) is 6.92 Å². The molecule has 0 saturated carbocycles. The SMILES string of the molecule is CCCN1C(=O)C(Nc2cccc(F)c2)=C(c2ccc(NC(C)=O)cc2)C1=O. The lowest BCUT2D eigenvalue weighted by Gasteiger charge is -2.13. The van der Waals surface area contributed by atoms with Crippen LogP contribution < -0.4 is 10.6 Å². The minimum Gasteiger partial charge on any atom is -0.350 e. The van der Waals surface area contributed by atoms with Crippen molar-refractivity contribution >= 4 is 34.7 Å². The fraction of sp³-hybridized carbons (Fsp3) is 0.190. The van der Waals surface area contributed by atoms with E-state index in [1.54, 1.807) is 30.3 Å². The third-order valence-electron chi connectivity index (χ3n) is 4.20. The van der Waals surface area contributed by atoms with Crippen molar-refractivity contribution in [2.24, 2.45) is 0 Å². The van der Waals surface area contributed by atoms with Gasteiger partial charge in [-0.25, -0.2) is 4.39 Å². The Labute approximate surface area is 162 Å². The van der Waals surface area contributed by atoms with Crippen molar-refractivity contribution < 1.29 is 18.8 Å². The molecule has 3 amide bonds. The van der Waals surface area contributed by atoms with Crippen molar-refractivity contribution in [1.29, 1.82) is 0 Å². The summed E-state index contributed by atoms with van der Waals surface area (Å²) in [5.74, 6) is -1.51. The molecule has 1 aliphatic heterocycles. The second-order valence-corrected chi connectivity index (χ2v) is 6.41. The van der Waals surface area contributed by atoms with Crippen LogP contribution in [0.3, 0.4) is 0 Å². The number of imide groups is 1. The lowest BCUT2D eigenvalue weighted by Crippen LogP contribution is -2.33. The molecule has 0 radical (unpaired) electrons. The molecule has 144 valence electrons. The summed E-state index contributed by atoms with van der Waals surface area (Å²) >= 11 is 0. The Kier molecular flexibility index (Phi) is 5.54. The van der Waals surface area contributed by atoms with Gasteiger partial charge in [0.2, 0.25) is 5.91 Å². The second kappa shape index (κ2) is 8.04. The van der Waals surface area contributed by atoms with Gasteiger partial charge in [-0.2, -0.15) is 0 Å². The summed E-state index contributed by atoms with van der Waals surface area (Å²) < 4.78 is 13.5. The number of amides is 3. The van der Waals surface area contributed by atoms with Gasteiger partial charge >= 0.3 is 0 Å². The maximum absolute atomic E-state index is 13.5. The molecular formula is C21H20FN3O3. The summed E-state index contributed by atoms with van der Waals surface area (Å²) in [5, 5.41) is 5.56. The zero-order valence-electron chi connectivity index (χ0n) is 15.6. The molecule has 2 aromatic carbocycles. The van der Waals surface area contributed by atoms with E-state index in [0.29, 0.717) is 29.9 Å². The minimum absolute atomic E-state index is 0.108. The maximum atomic E-state index is 13.5. The van der Waals surface area contributed by atoms with Gasteiger partial charge in [0.25, 0.3) is 11.8 Å². The summed E-state index contributed by atoms with van der Waals surface area (Å²) in [4.78, 5) is 38.1. The Morgan fingerprint density at radius 1 is 1.04 bits per heavy atom. The van der Waals surface area contributed by atoms with Gasteiger partial charge in [-0.15, -0.1) is 0 Å². The van der Waals surface area contributed by atoms with E-state index in [9.17, 15) is 18.8 Å². The van der Waals surface area contributed by atoms with Crippen LogP contribution in [0.1, 0.15) is 25.8 Å². The molecule has 0 saturated heterocycles. The first-order chi connectivity index (χ1) is 13.4. The van der Waals surface area contributed by atoms with E-state index in [1.165, 1.54) is 30.0 Å². The summed E-state index contributed by atoms with van der Waals surface area (Å²) in [6.07, 6.45) is 0.624. The first-order valence-electron chi connectivity index (χ1n) is 8.91. The lowest BCUT2D eigenvalue weighted by atomic mass is 10.0. The lowest BCUT2D eigenvalue weighted by molar-refractivity contribution is -0.136. The van der Waals surface area contributed by atoms with Crippen LogP contribution in [0.5, 0.6) is 0 Å². The van der Waals surface area contributed by atoms with Gasteiger partial charge in [0.15, 0.2) is 0 Å². The Bertz CT molecular complexity index is 967. The van der Waals surface area contributed by atoms with E-state index in [0.717, 1.165) is 0 Å². The van der Waals surface area contributed by atoms with Crippen LogP contribution in [0.15, 0.2) is 54.2 Å². The minimum atomic E-state index is -0.450. The number of nitrogens with zero attached hydrogens (tertiary/aromatic N) is 1. The molecule has 1 aliphatic rings. The average Bonchev–Trinajstić information content (AvgIpc) is 2.87. The van der Waals surface area contributed by atoms with E-state index in [2.05, 4.69) is 10.6 Å². The Hall–Kier alpha value is -3.48. The highest BCUT2D eigenvalue weighted by Gasteiger charge is 2.38. The Morgan fingerprint density at radius 3 is 2.36 bits per heavy atom. The molecule has 7 heteroatoms. The standard InChI is InChI=1S/C21H20FN3O3/c1-3-11-25-20(27)18(14-7-9-16(10-8-14)23-13(2)26)19(21(25)28)24-17-6-4-5-15(22)12-17/h4-10,12,24H,3,11H2,1-2H3,(H,23,26). The van der Waals surface area contributed by atoms with Crippen LogP contribution in [0, 0.1) is 5.82 Å². The molecule has 28 heavy (non-hydrogen) atoms. The fourth-order valence-corrected chi connectivity index (χ4v) is 3.02. The van der Waals surface area contributed by atoms with Crippen molar-refractivity contribution in [3.05, 3.63) is 65.6 Å². The number of halogens is 1. The number of benzene rings is 2. The van der Waals surface area contributed by atoms with E-state index < -0.39 is 17.6 Å². The molecule has 3 rings (SSSR count). The van der Waals surface area contributed by atoms with E-state index in [-0.39, 0.29) is 17.2 Å². The highest BCUT2D eigenvalue weighted by atomic mass is 19.1. The summed E-state index contributed by atoms with van der Waals surface area (Å²) in [6, 6.07) is 12.3. The highest BCUT2D eigenvalue weighted by molar-refractivity contribution is 6.36. The molecule has 0 fully saturated rings. The predicted molar refractivity (Wildman–Crippen MR) is 105 cm³/mol. The summed E-state index contributed by atoms with van der Waals surface area (Å²) in [7, 11) is 0. The third-order valence-corrected chi connectivity index (χ3v) is 4.20. The van der Waals surface area contributed by atoms with Crippen LogP contribution in [-0.2, 0) is 14.4 Å². The molecular weight excluding hydrogens is 361 g/mol. The van der Waals surface area contributed by atoms with Crippen molar-refractivity contribution in [3.8, 4) is 0 Å². The monoisotopic (exact) mass is 381 g/mol. The largest absolute Gasteiger partial charge is 0.350 e. The normalized spacial score (nSPS) is 13.9. The molecule has 0 unspecified atom stereocenters. The molecule has 0 spiro atoms. The quantitative estimate of drug-likeness (QED) is 0.752. The number of hydrogen-bond acceptors (Lipinski definition) is 4. The number of nitrogens with one attached hydrogen (secondary N) is 2. The van der Waals surface area contributed by atoms with Crippen molar-refractivity contribution in [3.63, 3.8) is 0 Å². The summed E-state index contributed by atoms with van der Waals surface area (Å²) in [6.45, 7) is 3.57. The molecule has 6 nitrogen and oxygen atoms in total.